The van der Waals surface area contributed by atoms with E-state index in [-0.39, 0.29) is 25.4 Å². The molecule has 0 radical (unpaired) electrons. The second-order valence-corrected chi connectivity index (χ2v) is 6.04. The summed E-state index contributed by atoms with van der Waals surface area (Å²) in [6.07, 6.45) is -0.801. The number of nitrogens with zero attached hydrogens (tertiary/aromatic N) is 3. The van der Waals surface area contributed by atoms with Crippen LogP contribution in [-0.2, 0) is 6.54 Å². The van der Waals surface area contributed by atoms with E-state index in [4.69, 9.17) is 9.15 Å². The quantitative estimate of drug-likeness (QED) is 0.254. The normalized spacial score (nSPS) is 12.5. The molecule has 0 amide bonds. The Bertz CT molecular complexity index is 784. The van der Waals surface area contributed by atoms with Gasteiger partial charge >= 0.3 is 0 Å². The van der Waals surface area contributed by atoms with Crippen molar-refractivity contribution in [3.63, 3.8) is 0 Å². The summed E-state index contributed by atoms with van der Waals surface area (Å²) in [5.74, 6) is 2.25. The lowest BCUT2D eigenvalue weighted by atomic mass is 10.3. The summed E-state index contributed by atoms with van der Waals surface area (Å²) in [7, 11) is 0. The van der Waals surface area contributed by atoms with Gasteiger partial charge in [-0.25, -0.2) is 9.98 Å². The summed E-state index contributed by atoms with van der Waals surface area (Å²) in [6, 6.07) is 5.68. The first-order valence-corrected chi connectivity index (χ1v) is 8.89. The Morgan fingerprint density at radius 3 is 2.64 bits per heavy atom. The molecule has 28 heavy (non-hydrogen) atoms. The molecule has 1 aromatic carbocycles. The number of non-ortho nitro benzene ring substituents is 1. The minimum atomic E-state index is -0.801. The molecule has 1 aromatic heterocycles. The van der Waals surface area contributed by atoms with Gasteiger partial charge in [-0.3, -0.25) is 10.1 Å². The molecule has 0 aliphatic heterocycles. The van der Waals surface area contributed by atoms with E-state index < -0.39 is 11.0 Å². The van der Waals surface area contributed by atoms with E-state index in [9.17, 15) is 15.2 Å². The van der Waals surface area contributed by atoms with Crippen molar-refractivity contribution in [1.82, 2.24) is 15.6 Å². The van der Waals surface area contributed by atoms with E-state index in [2.05, 4.69) is 20.6 Å². The molecule has 152 valence electrons. The highest BCUT2D eigenvalue weighted by Crippen LogP contribution is 2.17. The Labute approximate surface area is 162 Å². The summed E-state index contributed by atoms with van der Waals surface area (Å²) in [4.78, 5) is 18.8. The number of oxazole rings is 1. The number of aliphatic hydroxyl groups excluding tert-OH is 1. The standard InChI is InChI=1S/C18H25N5O5/c1-4-19-18(21-10-17-22-12(2)13(3)28-17)20-9-15(24)11-27-16-7-5-14(6-8-16)23(25)26/h5-8,15,24H,4,9-11H2,1-3H3,(H2,19,20,21). The molecule has 1 heterocycles. The summed E-state index contributed by atoms with van der Waals surface area (Å²) in [5, 5.41) is 26.8. The van der Waals surface area contributed by atoms with Gasteiger partial charge in [0.05, 0.1) is 10.6 Å². The number of aliphatic imine (C=N–C) groups is 1. The molecule has 0 fully saturated rings. The van der Waals surface area contributed by atoms with Crippen molar-refractivity contribution in [2.75, 3.05) is 19.7 Å². The highest BCUT2D eigenvalue weighted by Gasteiger charge is 2.10. The zero-order chi connectivity index (χ0) is 20.5. The number of hydrogen-bond acceptors (Lipinski definition) is 7. The van der Waals surface area contributed by atoms with Gasteiger partial charge in [-0.15, -0.1) is 0 Å². The van der Waals surface area contributed by atoms with Crippen molar-refractivity contribution in [2.45, 2.75) is 33.4 Å². The van der Waals surface area contributed by atoms with Gasteiger partial charge in [-0.2, -0.15) is 0 Å². The maximum Gasteiger partial charge on any atom is 0.269 e. The Morgan fingerprint density at radius 2 is 2.07 bits per heavy atom. The summed E-state index contributed by atoms with van der Waals surface area (Å²) in [6.45, 7) is 6.83. The molecule has 0 spiro atoms. The Morgan fingerprint density at radius 1 is 1.36 bits per heavy atom. The minimum absolute atomic E-state index is 0.0162. The topological polar surface area (TPSA) is 135 Å². The number of benzene rings is 1. The summed E-state index contributed by atoms with van der Waals surface area (Å²) >= 11 is 0. The molecule has 1 unspecified atom stereocenters. The lowest BCUT2D eigenvalue weighted by Crippen LogP contribution is -2.42. The van der Waals surface area contributed by atoms with Crippen LogP contribution >= 0.6 is 0 Å². The smallest absolute Gasteiger partial charge is 0.269 e. The van der Waals surface area contributed by atoms with Crippen LogP contribution in [0.3, 0.4) is 0 Å². The van der Waals surface area contributed by atoms with Crippen LogP contribution in [0.5, 0.6) is 5.75 Å². The number of hydrogen-bond donors (Lipinski definition) is 3. The molecule has 10 heteroatoms. The molecule has 0 saturated heterocycles. The SMILES string of the molecule is CCNC(=NCc1nc(C)c(C)o1)NCC(O)COc1ccc([N+](=O)[O-])cc1. The number of rotatable bonds is 9. The number of nitro benzene ring substituents is 1. The summed E-state index contributed by atoms with van der Waals surface area (Å²) in [5.41, 5.74) is 0.819. The Hall–Kier alpha value is -3.14. The molecule has 3 N–H and O–H groups in total. The van der Waals surface area contributed by atoms with Gasteiger partial charge in [0.25, 0.3) is 5.69 Å². The van der Waals surface area contributed by atoms with Crippen LogP contribution in [-0.4, -0.2) is 46.8 Å². The first-order chi connectivity index (χ1) is 13.4. The van der Waals surface area contributed by atoms with Gasteiger partial charge in [0.1, 0.15) is 30.8 Å². The van der Waals surface area contributed by atoms with Crippen LogP contribution in [0.15, 0.2) is 33.7 Å². The lowest BCUT2D eigenvalue weighted by molar-refractivity contribution is -0.384. The minimum Gasteiger partial charge on any atom is -0.491 e. The zero-order valence-corrected chi connectivity index (χ0v) is 16.1. The van der Waals surface area contributed by atoms with E-state index in [1.165, 1.54) is 24.3 Å². The molecular weight excluding hydrogens is 366 g/mol. The number of aliphatic hydroxyl groups is 1. The molecule has 0 bridgehead atoms. The highest BCUT2D eigenvalue weighted by atomic mass is 16.6. The van der Waals surface area contributed by atoms with Crippen molar-refractivity contribution < 1.29 is 19.2 Å². The van der Waals surface area contributed by atoms with Gasteiger partial charge in [0.15, 0.2) is 5.96 Å². The lowest BCUT2D eigenvalue weighted by Gasteiger charge is -2.15. The fourth-order valence-corrected chi connectivity index (χ4v) is 2.23. The van der Waals surface area contributed by atoms with Crippen LogP contribution < -0.4 is 15.4 Å². The fourth-order valence-electron chi connectivity index (χ4n) is 2.23. The average molecular weight is 391 g/mol. The number of aryl methyl sites for hydroxylation is 2. The van der Waals surface area contributed by atoms with Gasteiger partial charge in [-0.1, -0.05) is 0 Å². The van der Waals surface area contributed by atoms with Crippen LogP contribution in [0.1, 0.15) is 24.3 Å². The van der Waals surface area contributed by atoms with Crippen molar-refractivity contribution >= 4 is 11.6 Å². The van der Waals surface area contributed by atoms with E-state index in [0.29, 0.717) is 24.1 Å². The van der Waals surface area contributed by atoms with Gasteiger partial charge in [0, 0.05) is 25.2 Å². The third kappa shape index (κ3) is 6.54. The second-order valence-electron chi connectivity index (χ2n) is 6.04. The molecule has 0 aliphatic carbocycles. The number of aromatic nitrogens is 1. The second kappa shape index (κ2) is 10.3. The summed E-state index contributed by atoms with van der Waals surface area (Å²) < 4.78 is 10.9. The van der Waals surface area contributed by atoms with Gasteiger partial charge in [0.2, 0.25) is 5.89 Å². The Kier molecular flexibility index (Phi) is 7.76. The molecule has 10 nitrogen and oxygen atoms in total. The molecule has 0 saturated carbocycles. The number of nitro groups is 1. The molecule has 2 rings (SSSR count). The zero-order valence-electron chi connectivity index (χ0n) is 16.1. The van der Waals surface area contributed by atoms with Crippen molar-refractivity contribution in [2.24, 2.45) is 4.99 Å². The first-order valence-electron chi connectivity index (χ1n) is 8.89. The van der Waals surface area contributed by atoms with E-state index >= 15 is 0 Å². The average Bonchev–Trinajstić information content (AvgIpc) is 3.00. The van der Waals surface area contributed by atoms with Crippen molar-refractivity contribution in [3.8, 4) is 5.75 Å². The highest BCUT2D eigenvalue weighted by molar-refractivity contribution is 5.79. The van der Waals surface area contributed by atoms with E-state index in [1.54, 1.807) is 0 Å². The van der Waals surface area contributed by atoms with Crippen molar-refractivity contribution in [1.29, 1.82) is 0 Å². The van der Waals surface area contributed by atoms with Crippen LogP contribution in [0.25, 0.3) is 0 Å². The molecular formula is C18H25N5O5. The number of guanidine groups is 1. The Balaban J connectivity index is 1.81. The number of ether oxygens (including phenoxy) is 1. The largest absolute Gasteiger partial charge is 0.491 e. The number of nitrogens with one attached hydrogen (secondary N) is 2. The monoisotopic (exact) mass is 391 g/mol. The predicted molar refractivity (Wildman–Crippen MR) is 103 cm³/mol. The maximum absolute atomic E-state index is 10.6. The third-order valence-corrected chi connectivity index (χ3v) is 3.78. The predicted octanol–water partition coefficient (Wildman–Crippen LogP) is 1.69. The molecule has 1 atom stereocenters. The van der Waals surface area contributed by atoms with Crippen molar-refractivity contribution in [3.05, 3.63) is 51.7 Å². The van der Waals surface area contributed by atoms with Crippen LogP contribution in [0.2, 0.25) is 0 Å². The van der Waals surface area contributed by atoms with E-state index in [0.717, 1.165) is 11.5 Å². The third-order valence-electron chi connectivity index (χ3n) is 3.78. The first kappa shape index (κ1) is 21.2. The molecule has 2 aromatic rings. The van der Waals surface area contributed by atoms with Gasteiger partial charge < -0.3 is 24.9 Å². The van der Waals surface area contributed by atoms with E-state index in [1.807, 2.05) is 20.8 Å². The fraction of sp³-hybridized carbons (Fsp3) is 0.444. The van der Waals surface area contributed by atoms with Crippen LogP contribution in [0.4, 0.5) is 5.69 Å². The molecule has 0 aliphatic rings. The maximum atomic E-state index is 10.6. The van der Waals surface area contributed by atoms with Crippen LogP contribution in [0, 0.1) is 24.0 Å². The van der Waals surface area contributed by atoms with Gasteiger partial charge in [-0.05, 0) is 32.9 Å².